The van der Waals surface area contributed by atoms with Crippen LogP contribution in [-0.4, -0.2) is 0 Å². The molecular formula is C9H9BrClN. The first-order valence-electron chi connectivity index (χ1n) is 3.86. The molecule has 0 heterocycles. The first-order valence-corrected chi connectivity index (χ1v) is 5.03. The molecule has 12 heavy (non-hydrogen) atoms. The minimum absolute atomic E-state index is 0.0624. The molecule has 1 aromatic carbocycles. The number of benzene rings is 1. The highest BCUT2D eigenvalue weighted by atomic mass is 79.9. The van der Waals surface area contributed by atoms with E-state index in [-0.39, 0.29) is 5.54 Å². The van der Waals surface area contributed by atoms with Gasteiger partial charge in [-0.1, -0.05) is 17.7 Å². The van der Waals surface area contributed by atoms with Gasteiger partial charge in [-0.2, -0.15) is 0 Å². The van der Waals surface area contributed by atoms with Gasteiger partial charge in [-0.25, -0.2) is 0 Å². The molecule has 0 radical (unpaired) electrons. The lowest BCUT2D eigenvalue weighted by molar-refractivity contribution is 0.739. The average Bonchev–Trinajstić information content (AvgIpc) is 2.75. The molecule has 0 spiro atoms. The van der Waals surface area contributed by atoms with Crippen LogP contribution < -0.4 is 5.73 Å². The largest absolute Gasteiger partial charge is 0.321 e. The van der Waals surface area contributed by atoms with Crippen LogP contribution in [0.15, 0.2) is 22.7 Å². The molecule has 1 aliphatic rings. The monoisotopic (exact) mass is 245 g/mol. The molecule has 0 saturated heterocycles. The van der Waals surface area contributed by atoms with E-state index in [1.165, 1.54) is 5.56 Å². The molecule has 1 nitrogen and oxygen atoms in total. The third kappa shape index (κ3) is 1.39. The van der Waals surface area contributed by atoms with Crippen molar-refractivity contribution in [3.63, 3.8) is 0 Å². The van der Waals surface area contributed by atoms with Crippen LogP contribution in [0.5, 0.6) is 0 Å². The van der Waals surface area contributed by atoms with E-state index in [0.29, 0.717) is 0 Å². The summed E-state index contributed by atoms with van der Waals surface area (Å²) in [7, 11) is 0. The summed E-state index contributed by atoms with van der Waals surface area (Å²) < 4.78 is 0.929. The second-order valence-corrected chi connectivity index (χ2v) is 4.55. The van der Waals surface area contributed by atoms with Gasteiger partial charge in [-0.15, -0.1) is 0 Å². The molecule has 1 aliphatic carbocycles. The molecule has 0 atom stereocenters. The van der Waals surface area contributed by atoms with Crippen molar-refractivity contribution in [2.24, 2.45) is 5.73 Å². The quantitative estimate of drug-likeness (QED) is 0.810. The summed E-state index contributed by atoms with van der Waals surface area (Å²) in [5, 5.41) is 0.739. The van der Waals surface area contributed by atoms with Crippen LogP contribution in [-0.2, 0) is 5.54 Å². The molecule has 0 aliphatic heterocycles. The van der Waals surface area contributed by atoms with Crippen molar-refractivity contribution in [1.29, 1.82) is 0 Å². The summed E-state index contributed by atoms with van der Waals surface area (Å²) in [5.41, 5.74) is 7.14. The van der Waals surface area contributed by atoms with Gasteiger partial charge < -0.3 is 5.73 Å². The Bertz CT molecular complexity index is 320. The van der Waals surface area contributed by atoms with Gasteiger partial charge in [0.25, 0.3) is 0 Å². The Kier molecular flexibility index (Phi) is 1.94. The van der Waals surface area contributed by atoms with E-state index in [1.807, 2.05) is 18.2 Å². The lowest BCUT2D eigenvalue weighted by Crippen LogP contribution is -2.18. The van der Waals surface area contributed by atoms with Gasteiger partial charge in [0.05, 0.1) is 5.02 Å². The summed E-state index contributed by atoms with van der Waals surface area (Å²) in [4.78, 5) is 0. The van der Waals surface area contributed by atoms with E-state index in [0.717, 1.165) is 22.3 Å². The number of hydrogen-bond acceptors (Lipinski definition) is 1. The third-order valence-electron chi connectivity index (χ3n) is 2.28. The van der Waals surface area contributed by atoms with E-state index in [9.17, 15) is 0 Å². The molecule has 64 valence electrons. The molecule has 0 aromatic heterocycles. The van der Waals surface area contributed by atoms with Gasteiger partial charge in [-0.05, 0) is 46.5 Å². The van der Waals surface area contributed by atoms with Crippen LogP contribution in [0.2, 0.25) is 5.02 Å². The van der Waals surface area contributed by atoms with E-state index in [2.05, 4.69) is 15.9 Å². The summed E-state index contributed by atoms with van der Waals surface area (Å²) in [6.07, 6.45) is 2.17. The molecule has 1 saturated carbocycles. The van der Waals surface area contributed by atoms with Crippen molar-refractivity contribution in [2.45, 2.75) is 18.4 Å². The van der Waals surface area contributed by atoms with Gasteiger partial charge in [0.1, 0.15) is 0 Å². The minimum Gasteiger partial charge on any atom is -0.321 e. The maximum atomic E-state index is 6.02. The Hall–Kier alpha value is -0.0500. The lowest BCUT2D eigenvalue weighted by Gasteiger charge is -2.09. The molecule has 2 N–H and O–H groups in total. The first kappa shape index (κ1) is 8.54. The molecule has 3 heteroatoms. The van der Waals surface area contributed by atoms with E-state index >= 15 is 0 Å². The molecule has 0 bridgehead atoms. The van der Waals surface area contributed by atoms with Crippen LogP contribution >= 0.6 is 27.5 Å². The fraction of sp³-hybridized carbons (Fsp3) is 0.333. The smallest absolute Gasteiger partial charge is 0.0548 e. The number of hydrogen-bond donors (Lipinski definition) is 1. The van der Waals surface area contributed by atoms with Gasteiger partial charge in [-0.3, -0.25) is 0 Å². The normalized spacial score (nSPS) is 19.2. The van der Waals surface area contributed by atoms with Crippen molar-refractivity contribution in [3.05, 3.63) is 33.3 Å². The predicted octanol–water partition coefficient (Wildman–Crippen LogP) is 3.05. The lowest BCUT2D eigenvalue weighted by atomic mass is 10.1. The number of nitrogens with two attached hydrogens (primary N) is 1. The van der Waals surface area contributed by atoms with Gasteiger partial charge in [0.15, 0.2) is 0 Å². The summed E-state index contributed by atoms with van der Waals surface area (Å²) >= 11 is 9.24. The minimum atomic E-state index is -0.0624. The summed E-state index contributed by atoms with van der Waals surface area (Å²) in [6.45, 7) is 0. The Morgan fingerprint density at radius 3 is 2.58 bits per heavy atom. The van der Waals surface area contributed by atoms with Crippen molar-refractivity contribution in [2.75, 3.05) is 0 Å². The van der Waals surface area contributed by atoms with Crippen molar-refractivity contribution < 1.29 is 0 Å². The van der Waals surface area contributed by atoms with Gasteiger partial charge in [0.2, 0.25) is 0 Å². The Morgan fingerprint density at radius 2 is 2.08 bits per heavy atom. The zero-order valence-corrected chi connectivity index (χ0v) is 8.82. The Labute approximate surface area is 85.0 Å². The Morgan fingerprint density at radius 1 is 1.42 bits per heavy atom. The second kappa shape index (κ2) is 2.72. The average molecular weight is 247 g/mol. The second-order valence-electron chi connectivity index (χ2n) is 3.29. The maximum Gasteiger partial charge on any atom is 0.0548 e. The fourth-order valence-electron chi connectivity index (χ4n) is 1.23. The highest BCUT2D eigenvalue weighted by molar-refractivity contribution is 9.10. The molecule has 2 rings (SSSR count). The summed E-state index contributed by atoms with van der Waals surface area (Å²) in [6, 6.07) is 5.89. The summed E-state index contributed by atoms with van der Waals surface area (Å²) in [5.74, 6) is 0. The molecule has 0 amide bonds. The fourth-order valence-corrected chi connectivity index (χ4v) is 1.73. The highest BCUT2D eigenvalue weighted by Crippen LogP contribution is 2.43. The standard InChI is InChI=1S/C9H9BrClN/c10-7-5-6(1-2-8(7)11)9(12)3-4-9/h1-2,5H,3-4,12H2. The van der Waals surface area contributed by atoms with Crippen LogP contribution in [0, 0.1) is 0 Å². The van der Waals surface area contributed by atoms with Crippen molar-refractivity contribution in [3.8, 4) is 0 Å². The van der Waals surface area contributed by atoms with Gasteiger partial charge >= 0.3 is 0 Å². The predicted molar refractivity (Wildman–Crippen MR) is 54.3 cm³/mol. The van der Waals surface area contributed by atoms with E-state index in [4.69, 9.17) is 17.3 Å². The van der Waals surface area contributed by atoms with Crippen molar-refractivity contribution >= 4 is 27.5 Å². The van der Waals surface area contributed by atoms with Crippen LogP contribution in [0.25, 0.3) is 0 Å². The molecular weight excluding hydrogens is 237 g/mol. The first-order chi connectivity index (χ1) is 5.62. The Balaban J connectivity index is 2.41. The van der Waals surface area contributed by atoms with Crippen molar-refractivity contribution in [1.82, 2.24) is 0 Å². The SMILES string of the molecule is NC1(c2ccc(Cl)c(Br)c2)CC1. The molecule has 1 aromatic rings. The van der Waals surface area contributed by atoms with E-state index in [1.54, 1.807) is 0 Å². The zero-order valence-electron chi connectivity index (χ0n) is 6.48. The highest BCUT2D eigenvalue weighted by Gasteiger charge is 2.39. The maximum absolute atomic E-state index is 6.02. The number of rotatable bonds is 1. The van der Waals surface area contributed by atoms with Crippen LogP contribution in [0.1, 0.15) is 18.4 Å². The zero-order chi connectivity index (χ0) is 8.77. The molecule has 1 fully saturated rings. The van der Waals surface area contributed by atoms with Gasteiger partial charge in [0, 0.05) is 10.0 Å². The van der Waals surface area contributed by atoms with Crippen LogP contribution in [0.3, 0.4) is 0 Å². The molecule has 0 unspecified atom stereocenters. The number of halogens is 2. The van der Waals surface area contributed by atoms with Crippen LogP contribution in [0.4, 0.5) is 0 Å². The topological polar surface area (TPSA) is 26.0 Å². The third-order valence-corrected chi connectivity index (χ3v) is 3.50. The van der Waals surface area contributed by atoms with E-state index < -0.39 is 0 Å².